The summed E-state index contributed by atoms with van der Waals surface area (Å²) < 4.78 is 0. The number of aliphatic hydroxyl groups excluding tert-OH is 1. The molecule has 1 fully saturated rings. The minimum atomic E-state index is -0.105. The molecule has 0 amide bonds. The second kappa shape index (κ2) is 12.8. The van der Waals surface area contributed by atoms with Crippen molar-refractivity contribution in [2.75, 3.05) is 32.7 Å². The van der Waals surface area contributed by atoms with E-state index in [4.69, 9.17) is 11.6 Å². The predicted molar refractivity (Wildman–Crippen MR) is 121 cm³/mol. The zero-order valence-corrected chi connectivity index (χ0v) is 18.8. The quantitative estimate of drug-likeness (QED) is 0.235. The van der Waals surface area contributed by atoms with E-state index in [0.717, 1.165) is 68.5 Å². The third-order valence-electron chi connectivity index (χ3n) is 4.51. The van der Waals surface area contributed by atoms with Gasteiger partial charge in [0, 0.05) is 31.2 Å². The lowest BCUT2D eigenvalue weighted by Gasteiger charge is -2.29. The molecule has 26 heavy (non-hydrogen) atoms. The van der Waals surface area contributed by atoms with Crippen LogP contribution in [0.3, 0.4) is 0 Å². The maximum atomic E-state index is 9.55. The Labute approximate surface area is 179 Å². The molecule has 1 heterocycles. The van der Waals surface area contributed by atoms with Crippen molar-refractivity contribution in [3.05, 3.63) is 34.9 Å². The summed E-state index contributed by atoms with van der Waals surface area (Å²) in [6, 6.07) is 8.04. The topological polar surface area (TPSA) is 59.9 Å². The molecule has 0 aromatic heterocycles. The van der Waals surface area contributed by atoms with E-state index in [1.54, 1.807) is 0 Å². The van der Waals surface area contributed by atoms with Crippen molar-refractivity contribution in [3.8, 4) is 0 Å². The minimum Gasteiger partial charge on any atom is -0.393 e. The molecular formula is C19H32ClIN4O. The first-order valence-corrected chi connectivity index (χ1v) is 9.67. The van der Waals surface area contributed by atoms with Crippen molar-refractivity contribution in [1.29, 1.82) is 0 Å². The molecule has 1 aromatic rings. The van der Waals surface area contributed by atoms with Gasteiger partial charge < -0.3 is 20.6 Å². The number of hydrogen-bond acceptors (Lipinski definition) is 3. The summed E-state index contributed by atoms with van der Waals surface area (Å²) in [5.74, 6) is 0.837. The normalized spacial score (nSPS) is 17.5. The average Bonchev–Trinajstić information content (AvgIpc) is 2.60. The number of piperidine rings is 1. The van der Waals surface area contributed by atoms with E-state index in [-0.39, 0.29) is 36.1 Å². The Morgan fingerprint density at radius 1 is 1.38 bits per heavy atom. The van der Waals surface area contributed by atoms with Crippen molar-refractivity contribution in [2.24, 2.45) is 4.99 Å². The fourth-order valence-corrected chi connectivity index (χ4v) is 3.21. The number of nitrogens with zero attached hydrogens (tertiary/aromatic N) is 2. The van der Waals surface area contributed by atoms with Gasteiger partial charge in [0.25, 0.3) is 0 Å². The molecule has 1 unspecified atom stereocenters. The summed E-state index contributed by atoms with van der Waals surface area (Å²) in [4.78, 5) is 7.10. The van der Waals surface area contributed by atoms with E-state index in [2.05, 4.69) is 40.4 Å². The second-order valence-electron chi connectivity index (χ2n) is 6.61. The Hall–Kier alpha value is -0.570. The van der Waals surface area contributed by atoms with Crippen molar-refractivity contribution in [1.82, 2.24) is 15.5 Å². The van der Waals surface area contributed by atoms with Gasteiger partial charge in [-0.05, 0) is 57.4 Å². The van der Waals surface area contributed by atoms with Gasteiger partial charge in [0.1, 0.15) is 0 Å². The third kappa shape index (κ3) is 8.41. The van der Waals surface area contributed by atoms with Gasteiger partial charge in [-0.25, -0.2) is 0 Å². The highest BCUT2D eigenvalue weighted by atomic mass is 127. The molecule has 2 rings (SSSR count). The number of aliphatic hydroxyl groups is 1. The highest BCUT2D eigenvalue weighted by molar-refractivity contribution is 14.0. The number of rotatable bonds is 7. The van der Waals surface area contributed by atoms with Gasteiger partial charge in [0.05, 0.1) is 12.1 Å². The molecular weight excluding hydrogens is 463 g/mol. The first-order valence-electron chi connectivity index (χ1n) is 9.29. The van der Waals surface area contributed by atoms with Crippen molar-refractivity contribution >= 4 is 41.5 Å². The third-order valence-corrected chi connectivity index (χ3v) is 4.74. The summed E-state index contributed by atoms with van der Waals surface area (Å²) in [6.07, 6.45) is 2.71. The summed E-state index contributed by atoms with van der Waals surface area (Å²) in [5.41, 5.74) is 1.14. The van der Waals surface area contributed by atoms with E-state index >= 15 is 0 Å². The molecule has 5 nitrogen and oxygen atoms in total. The first-order chi connectivity index (χ1) is 12.1. The molecule has 1 aliphatic heterocycles. The Bertz CT molecular complexity index is 550. The molecule has 1 saturated heterocycles. The van der Waals surface area contributed by atoms with Gasteiger partial charge in [-0.1, -0.05) is 23.7 Å². The first kappa shape index (κ1) is 23.5. The molecule has 0 spiro atoms. The Morgan fingerprint density at radius 2 is 2.12 bits per heavy atom. The predicted octanol–water partition coefficient (Wildman–Crippen LogP) is 3.42. The van der Waals surface area contributed by atoms with Crippen molar-refractivity contribution in [2.45, 2.75) is 45.3 Å². The molecule has 0 bridgehead atoms. The molecule has 1 atom stereocenters. The van der Waals surface area contributed by atoms with Crippen LogP contribution in [0.5, 0.6) is 0 Å². The van der Waals surface area contributed by atoms with Gasteiger partial charge in [-0.3, -0.25) is 4.99 Å². The van der Waals surface area contributed by atoms with E-state index < -0.39 is 0 Å². The number of hydrogen-bond donors (Lipinski definition) is 3. The largest absolute Gasteiger partial charge is 0.393 e. The zero-order chi connectivity index (χ0) is 18.1. The van der Waals surface area contributed by atoms with Crippen LogP contribution >= 0.6 is 35.6 Å². The van der Waals surface area contributed by atoms with E-state index in [0.29, 0.717) is 0 Å². The van der Waals surface area contributed by atoms with Gasteiger partial charge in [-0.15, -0.1) is 24.0 Å². The molecule has 7 heteroatoms. The van der Waals surface area contributed by atoms with Gasteiger partial charge in [0.2, 0.25) is 0 Å². The number of benzene rings is 1. The number of nitrogens with one attached hydrogen (secondary N) is 2. The summed E-state index contributed by atoms with van der Waals surface area (Å²) in [7, 11) is 0. The zero-order valence-electron chi connectivity index (χ0n) is 15.7. The number of likely N-dealkylation sites (tertiary alicyclic amines) is 1. The van der Waals surface area contributed by atoms with E-state index in [9.17, 15) is 5.11 Å². The Kier molecular flexibility index (Phi) is 11.5. The van der Waals surface area contributed by atoms with Gasteiger partial charge >= 0.3 is 0 Å². The van der Waals surface area contributed by atoms with E-state index in [1.807, 2.05) is 18.2 Å². The van der Waals surface area contributed by atoms with Crippen LogP contribution in [0.1, 0.15) is 44.7 Å². The molecule has 1 aromatic carbocycles. The molecule has 3 N–H and O–H groups in total. The number of aliphatic imine (C=N–C) groups is 1. The average molecular weight is 495 g/mol. The summed E-state index contributed by atoms with van der Waals surface area (Å²) >= 11 is 6.08. The fourth-order valence-electron chi connectivity index (χ4n) is 3.01. The Balaban J connectivity index is 0.00000338. The minimum absolute atomic E-state index is 0. The lowest BCUT2D eigenvalue weighted by Crippen LogP contribution is -2.39. The Morgan fingerprint density at radius 3 is 2.77 bits per heavy atom. The lowest BCUT2D eigenvalue weighted by molar-refractivity contribution is 0.0824. The van der Waals surface area contributed by atoms with Crippen LogP contribution in [-0.4, -0.2) is 54.8 Å². The molecule has 1 aliphatic rings. The lowest BCUT2D eigenvalue weighted by atomic mass is 10.1. The number of guanidine groups is 1. The highest BCUT2D eigenvalue weighted by Gasteiger charge is 2.16. The van der Waals surface area contributed by atoms with Crippen molar-refractivity contribution in [3.63, 3.8) is 0 Å². The van der Waals surface area contributed by atoms with Crippen molar-refractivity contribution < 1.29 is 5.11 Å². The van der Waals surface area contributed by atoms with Gasteiger partial charge in [0.15, 0.2) is 5.96 Å². The van der Waals surface area contributed by atoms with Crippen LogP contribution in [0, 0.1) is 0 Å². The molecule has 148 valence electrons. The standard InChI is InChI=1S/C19H31ClN4O.HI/c1-3-21-19(23-15(2)16-6-4-7-17(20)14-16)22-10-5-11-24-12-8-18(25)9-13-24;/h4,6-7,14-15,18,25H,3,5,8-13H2,1-2H3,(H2,21,22,23);1H. The molecule has 0 aliphatic carbocycles. The van der Waals surface area contributed by atoms with Crippen LogP contribution < -0.4 is 10.6 Å². The smallest absolute Gasteiger partial charge is 0.191 e. The molecule has 0 radical (unpaired) electrons. The maximum Gasteiger partial charge on any atom is 0.191 e. The van der Waals surface area contributed by atoms with Crippen LogP contribution in [-0.2, 0) is 0 Å². The second-order valence-corrected chi connectivity index (χ2v) is 7.04. The van der Waals surface area contributed by atoms with Gasteiger partial charge in [-0.2, -0.15) is 0 Å². The monoisotopic (exact) mass is 494 g/mol. The number of halogens is 2. The maximum absolute atomic E-state index is 9.55. The summed E-state index contributed by atoms with van der Waals surface area (Å²) in [5, 5.41) is 17.0. The van der Waals surface area contributed by atoms with Crippen LogP contribution in [0.25, 0.3) is 0 Å². The van der Waals surface area contributed by atoms with Crippen LogP contribution in [0.4, 0.5) is 0 Å². The fraction of sp³-hybridized carbons (Fsp3) is 0.632. The summed E-state index contributed by atoms with van der Waals surface area (Å²) in [6.45, 7) is 8.83. The van der Waals surface area contributed by atoms with Crippen LogP contribution in [0.15, 0.2) is 29.3 Å². The highest BCUT2D eigenvalue weighted by Crippen LogP contribution is 2.17. The SMILES string of the molecule is CCNC(=NCCCN1CCC(O)CC1)NC(C)c1cccc(Cl)c1.I. The van der Waals surface area contributed by atoms with E-state index in [1.165, 1.54) is 0 Å². The van der Waals surface area contributed by atoms with Crippen LogP contribution in [0.2, 0.25) is 5.02 Å². The molecule has 0 saturated carbocycles.